The Kier molecular flexibility index (Phi) is 2.60. The van der Waals surface area contributed by atoms with Gasteiger partial charge in [0.1, 0.15) is 0 Å². The molecule has 4 nitrogen and oxygen atoms in total. The summed E-state index contributed by atoms with van der Waals surface area (Å²) in [4.78, 5) is 12.7. The molecule has 80 valence electrons. The van der Waals surface area contributed by atoms with Crippen LogP contribution in [0.25, 0.3) is 0 Å². The maximum Gasteiger partial charge on any atom is 0.329 e. The van der Waals surface area contributed by atoms with E-state index in [1.54, 1.807) is 4.90 Å². The van der Waals surface area contributed by atoms with Gasteiger partial charge in [0.25, 0.3) is 0 Å². The lowest BCUT2D eigenvalue weighted by atomic mass is 10.1. The molecular formula is C11H13NO3. The highest BCUT2D eigenvalue weighted by Gasteiger charge is 2.38. The largest absolute Gasteiger partial charge is 0.480 e. The molecule has 1 aliphatic heterocycles. The molecule has 2 rings (SSSR count). The number of benzene rings is 1. The Labute approximate surface area is 87.8 Å². The van der Waals surface area contributed by atoms with Crippen LogP contribution in [0.2, 0.25) is 0 Å². The van der Waals surface area contributed by atoms with E-state index in [0.717, 1.165) is 5.69 Å². The summed E-state index contributed by atoms with van der Waals surface area (Å²) in [5, 5.41) is 18.6. The van der Waals surface area contributed by atoms with E-state index in [1.807, 2.05) is 30.3 Å². The van der Waals surface area contributed by atoms with Gasteiger partial charge >= 0.3 is 5.97 Å². The normalized spacial score (nSPS) is 25.5. The van der Waals surface area contributed by atoms with Crippen LogP contribution in [0.15, 0.2) is 30.3 Å². The summed E-state index contributed by atoms with van der Waals surface area (Å²) in [6.45, 7) is 0.585. The minimum atomic E-state index is -0.969. The Morgan fingerprint density at radius 1 is 1.33 bits per heavy atom. The van der Waals surface area contributed by atoms with Crippen molar-refractivity contribution in [1.82, 2.24) is 0 Å². The molecule has 1 aromatic rings. The Balaban J connectivity index is 2.26. The van der Waals surface area contributed by atoms with Crippen LogP contribution in [0.1, 0.15) is 6.42 Å². The molecular weight excluding hydrogens is 194 g/mol. The molecule has 15 heavy (non-hydrogen) atoms. The average molecular weight is 207 g/mol. The molecule has 0 aliphatic carbocycles. The van der Waals surface area contributed by atoms with Gasteiger partial charge in [-0.1, -0.05) is 18.2 Å². The summed E-state index contributed by atoms with van der Waals surface area (Å²) in [5.74, 6) is -0.969. The Morgan fingerprint density at radius 2 is 2.00 bits per heavy atom. The van der Waals surface area contributed by atoms with Crippen molar-refractivity contribution in [1.29, 1.82) is 0 Å². The molecule has 0 spiro atoms. The van der Waals surface area contributed by atoms with Gasteiger partial charge in [0.15, 0.2) is 6.04 Å². The number of carboxylic acid groups (broad SMARTS) is 1. The smallest absolute Gasteiger partial charge is 0.329 e. The lowest BCUT2D eigenvalue weighted by Gasteiger charge is -2.24. The number of aliphatic hydroxyl groups is 1. The van der Waals surface area contributed by atoms with Crippen molar-refractivity contribution in [2.45, 2.75) is 18.6 Å². The predicted molar refractivity (Wildman–Crippen MR) is 55.8 cm³/mol. The van der Waals surface area contributed by atoms with Gasteiger partial charge in [-0.05, 0) is 18.6 Å². The van der Waals surface area contributed by atoms with Gasteiger partial charge in [0, 0.05) is 12.2 Å². The highest BCUT2D eigenvalue weighted by Crippen LogP contribution is 2.25. The van der Waals surface area contributed by atoms with Gasteiger partial charge in [-0.2, -0.15) is 0 Å². The lowest BCUT2D eigenvalue weighted by Crippen LogP contribution is -2.41. The summed E-state index contributed by atoms with van der Waals surface area (Å²) < 4.78 is 0. The zero-order valence-electron chi connectivity index (χ0n) is 8.21. The number of rotatable bonds is 2. The second-order valence-electron chi connectivity index (χ2n) is 3.67. The quantitative estimate of drug-likeness (QED) is 0.749. The third kappa shape index (κ3) is 1.80. The number of aliphatic carboxylic acids is 1. The highest BCUT2D eigenvalue weighted by atomic mass is 16.4. The first kappa shape index (κ1) is 9.98. The molecule has 0 aromatic heterocycles. The summed E-state index contributed by atoms with van der Waals surface area (Å²) >= 11 is 0. The Morgan fingerprint density at radius 3 is 2.60 bits per heavy atom. The van der Waals surface area contributed by atoms with Gasteiger partial charge in [-0.15, -0.1) is 0 Å². The number of hydrogen-bond donors (Lipinski definition) is 2. The number of carbonyl (C=O) groups is 1. The fourth-order valence-corrected chi connectivity index (χ4v) is 1.98. The maximum absolute atomic E-state index is 11.0. The van der Waals surface area contributed by atoms with Crippen molar-refractivity contribution in [2.75, 3.05) is 11.4 Å². The van der Waals surface area contributed by atoms with Crippen molar-refractivity contribution in [2.24, 2.45) is 0 Å². The monoisotopic (exact) mass is 207 g/mol. The van der Waals surface area contributed by atoms with Crippen molar-refractivity contribution in [3.05, 3.63) is 30.3 Å². The standard InChI is InChI=1S/C11H13NO3/c13-9-6-7-12(10(9)11(14)15)8-4-2-1-3-5-8/h1-5,9-10,13H,6-7H2,(H,14,15)/t9?,10-/m0/s1. The molecule has 0 radical (unpaired) electrons. The maximum atomic E-state index is 11.0. The van der Waals surface area contributed by atoms with E-state index in [2.05, 4.69) is 0 Å². The number of hydrogen-bond acceptors (Lipinski definition) is 3. The van der Waals surface area contributed by atoms with Crippen molar-refractivity contribution in [3.8, 4) is 0 Å². The minimum Gasteiger partial charge on any atom is -0.480 e. The van der Waals surface area contributed by atoms with E-state index in [-0.39, 0.29) is 0 Å². The summed E-state index contributed by atoms with van der Waals surface area (Å²) in [6.07, 6.45) is -0.269. The van der Waals surface area contributed by atoms with Crippen LogP contribution in [0.5, 0.6) is 0 Å². The number of anilines is 1. The fourth-order valence-electron chi connectivity index (χ4n) is 1.98. The van der Waals surface area contributed by atoms with Crippen LogP contribution in [-0.4, -0.2) is 34.9 Å². The van der Waals surface area contributed by atoms with Crippen LogP contribution in [0.4, 0.5) is 5.69 Å². The molecule has 2 N–H and O–H groups in total. The molecule has 2 atom stereocenters. The Bertz CT molecular complexity index is 352. The summed E-state index contributed by atoms with van der Waals surface area (Å²) in [7, 11) is 0. The van der Waals surface area contributed by atoms with E-state index in [0.29, 0.717) is 13.0 Å². The van der Waals surface area contributed by atoms with Gasteiger partial charge in [0.2, 0.25) is 0 Å². The molecule has 1 aliphatic rings. The third-order valence-electron chi connectivity index (χ3n) is 2.71. The molecule has 1 aromatic carbocycles. The number of nitrogens with zero attached hydrogens (tertiary/aromatic N) is 1. The van der Waals surface area contributed by atoms with E-state index in [1.165, 1.54) is 0 Å². The third-order valence-corrected chi connectivity index (χ3v) is 2.71. The van der Waals surface area contributed by atoms with Gasteiger partial charge in [-0.25, -0.2) is 4.79 Å². The second kappa shape index (κ2) is 3.90. The van der Waals surface area contributed by atoms with Crippen molar-refractivity contribution < 1.29 is 15.0 Å². The van der Waals surface area contributed by atoms with Gasteiger partial charge in [-0.3, -0.25) is 0 Å². The lowest BCUT2D eigenvalue weighted by molar-refractivity contribution is -0.140. The van der Waals surface area contributed by atoms with Gasteiger partial charge < -0.3 is 15.1 Å². The van der Waals surface area contributed by atoms with Crippen LogP contribution in [0, 0.1) is 0 Å². The Hall–Kier alpha value is -1.55. The molecule has 1 heterocycles. The molecule has 1 unspecified atom stereocenters. The van der Waals surface area contributed by atoms with Crippen LogP contribution in [-0.2, 0) is 4.79 Å². The van der Waals surface area contributed by atoms with Gasteiger partial charge in [0.05, 0.1) is 6.10 Å². The average Bonchev–Trinajstić information content (AvgIpc) is 2.61. The van der Waals surface area contributed by atoms with E-state index in [4.69, 9.17) is 5.11 Å². The minimum absolute atomic E-state index is 0.506. The van der Waals surface area contributed by atoms with Crippen molar-refractivity contribution >= 4 is 11.7 Å². The predicted octanol–water partition coefficient (Wildman–Crippen LogP) is 0.711. The first-order valence-electron chi connectivity index (χ1n) is 4.92. The fraction of sp³-hybridized carbons (Fsp3) is 0.364. The zero-order valence-corrected chi connectivity index (χ0v) is 8.21. The second-order valence-corrected chi connectivity index (χ2v) is 3.67. The summed E-state index contributed by atoms with van der Waals surface area (Å²) in [5.41, 5.74) is 0.849. The highest BCUT2D eigenvalue weighted by molar-refractivity contribution is 5.80. The van der Waals surface area contributed by atoms with E-state index >= 15 is 0 Å². The molecule has 0 amide bonds. The molecule has 0 bridgehead atoms. The number of para-hydroxylation sites is 1. The first-order valence-corrected chi connectivity index (χ1v) is 4.92. The topological polar surface area (TPSA) is 60.8 Å². The first-order chi connectivity index (χ1) is 7.20. The zero-order chi connectivity index (χ0) is 10.8. The van der Waals surface area contributed by atoms with Crippen LogP contribution >= 0.6 is 0 Å². The SMILES string of the molecule is O=C(O)[C@@H]1C(O)CCN1c1ccccc1. The molecule has 4 heteroatoms. The van der Waals surface area contributed by atoms with Crippen molar-refractivity contribution in [3.63, 3.8) is 0 Å². The van der Waals surface area contributed by atoms with Crippen LogP contribution < -0.4 is 4.90 Å². The van der Waals surface area contributed by atoms with E-state index < -0.39 is 18.1 Å². The number of aliphatic hydroxyl groups excluding tert-OH is 1. The van der Waals surface area contributed by atoms with E-state index in [9.17, 15) is 9.90 Å². The molecule has 0 saturated carbocycles. The molecule has 1 saturated heterocycles. The number of carboxylic acids is 1. The summed E-state index contributed by atoms with van der Waals surface area (Å²) in [6, 6.07) is 8.50. The molecule has 1 fully saturated rings. The van der Waals surface area contributed by atoms with Crippen LogP contribution in [0.3, 0.4) is 0 Å².